The second kappa shape index (κ2) is 5.58. The van der Waals surface area contributed by atoms with Gasteiger partial charge in [-0.15, -0.1) is 0 Å². The molecule has 1 heterocycles. The lowest BCUT2D eigenvalue weighted by atomic mass is 10.1. The summed E-state index contributed by atoms with van der Waals surface area (Å²) in [6.07, 6.45) is 1.74. The maximum Gasteiger partial charge on any atom is 0.292 e. The Balaban J connectivity index is 2.32. The molecular weight excluding hydrogens is 282 g/mol. The summed E-state index contributed by atoms with van der Waals surface area (Å²) in [4.78, 5) is 21.9. The number of nitro benzene ring substituents is 1. The number of hydrogen-bond acceptors (Lipinski definition) is 5. The van der Waals surface area contributed by atoms with Crippen molar-refractivity contribution in [3.63, 3.8) is 0 Å². The average molecular weight is 297 g/mol. The van der Waals surface area contributed by atoms with E-state index in [2.05, 4.69) is 10.6 Å². The van der Waals surface area contributed by atoms with E-state index in [4.69, 9.17) is 0 Å². The van der Waals surface area contributed by atoms with Crippen LogP contribution in [0.1, 0.15) is 12.5 Å². The molecule has 0 spiro atoms. The zero-order chi connectivity index (χ0) is 14.9. The number of anilines is 2. The molecule has 20 heavy (non-hydrogen) atoms. The first-order valence-electron chi connectivity index (χ1n) is 6.04. The van der Waals surface area contributed by atoms with Gasteiger partial charge >= 0.3 is 0 Å². The van der Waals surface area contributed by atoms with E-state index >= 15 is 0 Å². The first kappa shape index (κ1) is 14.4. The maximum atomic E-state index is 11.3. The number of fused-ring (bicyclic) bond motifs is 1. The lowest BCUT2D eigenvalue weighted by Gasteiger charge is -2.15. The Morgan fingerprint density at radius 3 is 2.85 bits per heavy atom. The highest BCUT2D eigenvalue weighted by molar-refractivity contribution is 7.84. The summed E-state index contributed by atoms with van der Waals surface area (Å²) in [6, 6.07) is 2.80. The van der Waals surface area contributed by atoms with E-state index in [1.807, 2.05) is 0 Å². The van der Waals surface area contributed by atoms with E-state index in [1.54, 1.807) is 19.2 Å². The second-order valence-corrected chi connectivity index (χ2v) is 6.27. The van der Waals surface area contributed by atoms with Gasteiger partial charge in [-0.05, 0) is 18.6 Å². The van der Waals surface area contributed by atoms with Crippen LogP contribution in [0.25, 0.3) is 0 Å². The van der Waals surface area contributed by atoms with Crippen LogP contribution >= 0.6 is 0 Å². The molecule has 0 saturated carbocycles. The topological polar surface area (TPSA) is 101 Å². The third-order valence-corrected chi connectivity index (χ3v) is 3.90. The van der Waals surface area contributed by atoms with Gasteiger partial charge < -0.3 is 10.6 Å². The third kappa shape index (κ3) is 3.13. The standard InChI is InChI=1S/C12H15N3O4S/c1-7(6-20(2)19)13-10-5-9-8(4-12(16)14-9)3-11(10)15(17)18/h3,5,7,13H,4,6H2,1-2H3,(H,14,16). The largest absolute Gasteiger partial charge is 0.376 e. The molecule has 2 N–H and O–H groups in total. The molecule has 0 aliphatic carbocycles. The Hall–Kier alpha value is -1.96. The second-order valence-electron chi connectivity index (χ2n) is 4.79. The molecule has 7 nitrogen and oxygen atoms in total. The number of nitro groups is 1. The lowest BCUT2D eigenvalue weighted by molar-refractivity contribution is -0.384. The molecule has 8 heteroatoms. The number of carbonyl (C=O) groups excluding carboxylic acids is 1. The van der Waals surface area contributed by atoms with Crippen molar-refractivity contribution in [2.45, 2.75) is 19.4 Å². The Labute approximate surface area is 118 Å². The van der Waals surface area contributed by atoms with Gasteiger partial charge in [-0.2, -0.15) is 0 Å². The van der Waals surface area contributed by atoms with Crippen molar-refractivity contribution in [1.82, 2.24) is 0 Å². The Morgan fingerprint density at radius 2 is 2.25 bits per heavy atom. The van der Waals surface area contributed by atoms with Crippen LogP contribution in [0.3, 0.4) is 0 Å². The van der Waals surface area contributed by atoms with Gasteiger partial charge in [0.25, 0.3) is 5.69 Å². The lowest BCUT2D eigenvalue weighted by Crippen LogP contribution is -2.22. The van der Waals surface area contributed by atoms with Gasteiger partial charge in [-0.25, -0.2) is 0 Å². The summed E-state index contributed by atoms with van der Waals surface area (Å²) in [5, 5.41) is 16.7. The van der Waals surface area contributed by atoms with E-state index in [0.717, 1.165) is 0 Å². The number of nitrogens with one attached hydrogen (secondary N) is 2. The predicted molar refractivity (Wildman–Crippen MR) is 77.4 cm³/mol. The van der Waals surface area contributed by atoms with E-state index in [-0.39, 0.29) is 24.1 Å². The highest BCUT2D eigenvalue weighted by atomic mass is 32.2. The molecule has 1 aromatic carbocycles. The van der Waals surface area contributed by atoms with Crippen molar-refractivity contribution < 1.29 is 13.9 Å². The van der Waals surface area contributed by atoms with E-state index in [1.165, 1.54) is 6.07 Å². The van der Waals surface area contributed by atoms with E-state index in [0.29, 0.717) is 22.7 Å². The van der Waals surface area contributed by atoms with Crippen LogP contribution in [0.15, 0.2) is 12.1 Å². The van der Waals surface area contributed by atoms with Crippen molar-refractivity contribution in [2.75, 3.05) is 22.6 Å². The summed E-state index contributed by atoms with van der Waals surface area (Å²) in [7, 11) is -0.994. The summed E-state index contributed by atoms with van der Waals surface area (Å²) < 4.78 is 11.2. The molecule has 1 aliphatic rings. The fourth-order valence-electron chi connectivity index (χ4n) is 2.19. The molecule has 0 saturated heterocycles. The molecule has 0 radical (unpaired) electrons. The van der Waals surface area contributed by atoms with Gasteiger partial charge in [0.15, 0.2) is 0 Å². The molecule has 1 aliphatic heterocycles. The van der Waals surface area contributed by atoms with Crippen molar-refractivity contribution in [3.05, 3.63) is 27.8 Å². The van der Waals surface area contributed by atoms with Crippen molar-refractivity contribution >= 4 is 33.8 Å². The quantitative estimate of drug-likeness (QED) is 0.629. The molecule has 0 fully saturated rings. The fourth-order valence-corrected chi connectivity index (χ4v) is 2.97. The zero-order valence-corrected chi connectivity index (χ0v) is 12.0. The predicted octanol–water partition coefficient (Wildman–Crippen LogP) is 1.27. The zero-order valence-electron chi connectivity index (χ0n) is 11.1. The SMILES string of the molecule is CC(CS(C)=O)Nc1cc2c(cc1[N+](=O)[O-])CC(=O)N2. The average Bonchev–Trinajstić information content (AvgIpc) is 2.65. The van der Waals surface area contributed by atoms with Gasteiger partial charge in [0, 0.05) is 40.6 Å². The molecule has 2 atom stereocenters. The summed E-state index contributed by atoms with van der Waals surface area (Å²) >= 11 is 0. The molecule has 0 aromatic heterocycles. The smallest absolute Gasteiger partial charge is 0.292 e. The Kier molecular flexibility index (Phi) is 4.03. The van der Waals surface area contributed by atoms with Gasteiger partial charge in [0.05, 0.1) is 11.3 Å². The minimum absolute atomic E-state index is 0.0750. The van der Waals surface area contributed by atoms with Crippen molar-refractivity contribution in [1.29, 1.82) is 0 Å². The highest BCUT2D eigenvalue weighted by Gasteiger charge is 2.25. The first-order chi connectivity index (χ1) is 9.36. The number of rotatable bonds is 5. The molecule has 108 valence electrons. The summed E-state index contributed by atoms with van der Waals surface area (Å²) in [6.45, 7) is 1.80. The van der Waals surface area contributed by atoms with Crippen LogP contribution in [0.5, 0.6) is 0 Å². The van der Waals surface area contributed by atoms with Gasteiger partial charge in [-0.1, -0.05) is 0 Å². The normalized spacial score (nSPS) is 16.2. The van der Waals surface area contributed by atoms with E-state index < -0.39 is 15.7 Å². The minimum atomic E-state index is -0.994. The van der Waals surface area contributed by atoms with Crippen LogP contribution < -0.4 is 10.6 Å². The molecule has 2 rings (SSSR count). The molecule has 1 amide bonds. The number of hydrogen-bond donors (Lipinski definition) is 2. The van der Waals surface area contributed by atoms with Gasteiger partial charge in [0.2, 0.25) is 5.91 Å². The van der Waals surface area contributed by atoms with Crippen LogP contribution in [0.4, 0.5) is 17.1 Å². The fraction of sp³-hybridized carbons (Fsp3) is 0.417. The van der Waals surface area contributed by atoms with Crippen LogP contribution in [-0.2, 0) is 22.0 Å². The number of nitrogens with zero attached hydrogens (tertiary/aromatic N) is 1. The highest BCUT2D eigenvalue weighted by Crippen LogP contribution is 2.34. The van der Waals surface area contributed by atoms with Gasteiger partial charge in [-0.3, -0.25) is 19.1 Å². The Morgan fingerprint density at radius 1 is 1.55 bits per heavy atom. The van der Waals surface area contributed by atoms with Crippen LogP contribution in [-0.4, -0.2) is 33.1 Å². The third-order valence-electron chi connectivity index (χ3n) is 2.93. The van der Waals surface area contributed by atoms with E-state index in [9.17, 15) is 19.1 Å². The van der Waals surface area contributed by atoms with Crippen molar-refractivity contribution in [3.8, 4) is 0 Å². The monoisotopic (exact) mass is 297 g/mol. The number of benzene rings is 1. The molecule has 1 aromatic rings. The maximum absolute atomic E-state index is 11.3. The summed E-state index contributed by atoms with van der Waals surface area (Å²) in [5.74, 6) is 0.217. The number of amides is 1. The van der Waals surface area contributed by atoms with Gasteiger partial charge in [0.1, 0.15) is 5.69 Å². The molecular formula is C12H15N3O4S. The molecule has 0 bridgehead atoms. The first-order valence-corrected chi connectivity index (χ1v) is 7.77. The Bertz CT molecular complexity index is 603. The minimum Gasteiger partial charge on any atom is -0.376 e. The molecule has 2 unspecified atom stereocenters. The number of carbonyl (C=O) groups is 1. The van der Waals surface area contributed by atoms with Crippen LogP contribution in [0, 0.1) is 10.1 Å². The van der Waals surface area contributed by atoms with Crippen LogP contribution in [0.2, 0.25) is 0 Å². The summed E-state index contributed by atoms with van der Waals surface area (Å²) in [5.41, 5.74) is 1.47. The van der Waals surface area contributed by atoms with Crippen molar-refractivity contribution in [2.24, 2.45) is 0 Å².